The molecule has 0 atom stereocenters. The van der Waals surface area contributed by atoms with E-state index in [-0.39, 0.29) is 6.71 Å². The second-order valence-electron chi connectivity index (χ2n) is 7.01. The first-order chi connectivity index (χ1) is 13.3. The molecular weight excluding hydrogens is 327 g/mol. The minimum absolute atomic E-state index is 0.155. The Kier molecular flexibility index (Phi) is 3.83. The molecule has 1 aliphatic rings. The molecule has 0 spiro atoms. The smallest absolute Gasteiger partial charge is 0.251 e. The van der Waals surface area contributed by atoms with E-state index in [1.165, 1.54) is 33.1 Å². The Morgan fingerprint density at radius 1 is 0.519 bits per heavy atom. The van der Waals surface area contributed by atoms with E-state index in [1.54, 1.807) is 0 Å². The molecular formula is C25H19BO. The minimum Gasteiger partial charge on any atom is -0.458 e. The maximum atomic E-state index is 6.20. The highest BCUT2D eigenvalue weighted by molar-refractivity contribution is 6.97. The predicted molar refractivity (Wildman–Crippen MR) is 114 cm³/mol. The summed E-state index contributed by atoms with van der Waals surface area (Å²) >= 11 is 0. The van der Waals surface area contributed by atoms with Crippen LogP contribution in [0.25, 0.3) is 11.1 Å². The lowest BCUT2D eigenvalue weighted by Gasteiger charge is -2.28. The van der Waals surface area contributed by atoms with Crippen molar-refractivity contribution in [2.45, 2.75) is 6.92 Å². The van der Waals surface area contributed by atoms with Crippen molar-refractivity contribution >= 4 is 23.1 Å². The van der Waals surface area contributed by atoms with Gasteiger partial charge in [0.15, 0.2) is 0 Å². The summed E-state index contributed by atoms with van der Waals surface area (Å²) in [6, 6.07) is 34.1. The van der Waals surface area contributed by atoms with Crippen molar-refractivity contribution in [1.29, 1.82) is 0 Å². The third-order valence-corrected chi connectivity index (χ3v) is 5.39. The van der Waals surface area contributed by atoms with Gasteiger partial charge in [0.1, 0.15) is 11.5 Å². The monoisotopic (exact) mass is 346 g/mol. The molecule has 0 saturated carbocycles. The van der Waals surface area contributed by atoms with E-state index < -0.39 is 0 Å². The summed E-state index contributed by atoms with van der Waals surface area (Å²) in [5.74, 6) is 1.89. The molecule has 4 aromatic carbocycles. The average molecular weight is 346 g/mol. The molecule has 0 fully saturated rings. The zero-order valence-corrected chi connectivity index (χ0v) is 15.2. The Bertz CT molecular complexity index is 1090. The maximum Gasteiger partial charge on any atom is 0.251 e. The largest absolute Gasteiger partial charge is 0.458 e. The van der Waals surface area contributed by atoms with Crippen molar-refractivity contribution in [2.75, 3.05) is 0 Å². The lowest BCUT2D eigenvalue weighted by molar-refractivity contribution is 0.487. The number of ether oxygens (including phenoxy) is 1. The molecule has 1 nitrogen and oxygen atoms in total. The second kappa shape index (κ2) is 6.48. The summed E-state index contributed by atoms with van der Waals surface area (Å²) < 4.78 is 6.20. The third kappa shape index (κ3) is 2.65. The fourth-order valence-corrected chi connectivity index (χ4v) is 4.11. The Balaban J connectivity index is 1.79. The van der Waals surface area contributed by atoms with Crippen LogP contribution in [0.4, 0.5) is 0 Å². The molecule has 0 aliphatic carbocycles. The summed E-state index contributed by atoms with van der Waals surface area (Å²) in [6.07, 6.45) is 0. The normalized spacial score (nSPS) is 12.1. The van der Waals surface area contributed by atoms with Crippen LogP contribution in [-0.4, -0.2) is 6.71 Å². The van der Waals surface area contributed by atoms with Gasteiger partial charge in [-0.2, -0.15) is 0 Å². The van der Waals surface area contributed by atoms with Gasteiger partial charge in [-0.3, -0.25) is 0 Å². The van der Waals surface area contributed by atoms with Gasteiger partial charge in [-0.25, -0.2) is 0 Å². The highest BCUT2D eigenvalue weighted by Gasteiger charge is 2.33. The average Bonchev–Trinajstić information content (AvgIpc) is 2.72. The number of benzene rings is 4. The van der Waals surface area contributed by atoms with Gasteiger partial charge in [-0.15, -0.1) is 0 Å². The summed E-state index contributed by atoms with van der Waals surface area (Å²) in [5, 5.41) is 0. The van der Waals surface area contributed by atoms with Crippen LogP contribution in [0.3, 0.4) is 0 Å². The number of aryl methyl sites for hydroxylation is 1. The Hall–Kier alpha value is -3.26. The molecule has 5 rings (SSSR count). The van der Waals surface area contributed by atoms with Gasteiger partial charge in [0.05, 0.1) is 0 Å². The van der Waals surface area contributed by atoms with Crippen molar-refractivity contribution in [3.63, 3.8) is 0 Å². The third-order valence-electron chi connectivity index (χ3n) is 5.39. The van der Waals surface area contributed by atoms with Gasteiger partial charge in [0, 0.05) is 0 Å². The fraction of sp³-hybridized carbons (Fsp3) is 0.0400. The quantitative estimate of drug-likeness (QED) is 0.434. The van der Waals surface area contributed by atoms with Crippen LogP contribution in [0.5, 0.6) is 11.5 Å². The lowest BCUT2D eigenvalue weighted by atomic mass is 9.35. The van der Waals surface area contributed by atoms with Crippen LogP contribution in [0.15, 0.2) is 97.1 Å². The summed E-state index contributed by atoms with van der Waals surface area (Å²) in [5.41, 5.74) is 7.62. The molecule has 27 heavy (non-hydrogen) atoms. The first-order valence-electron chi connectivity index (χ1n) is 9.33. The molecule has 0 amide bonds. The van der Waals surface area contributed by atoms with E-state index in [0.29, 0.717) is 0 Å². The van der Waals surface area contributed by atoms with Crippen molar-refractivity contribution in [3.8, 4) is 22.6 Å². The molecule has 1 heterocycles. The van der Waals surface area contributed by atoms with E-state index in [0.717, 1.165) is 11.5 Å². The summed E-state index contributed by atoms with van der Waals surface area (Å²) in [6.45, 7) is 2.33. The standard InChI is InChI=1S/C25H19BO/c1-18-10-2-3-11-19(18)20-12-4-5-13-21(20)26-22-14-6-8-16-24(22)27-25-17-9-7-15-23(25)26/h2-17H,1H3. The minimum atomic E-state index is 0.155. The molecule has 0 unspecified atom stereocenters. The van der Waals surface area contributed by atoms with Crippen LogP contribution in [0.2, 0.25) is 0 Å². The summed E-state index contributed by atoms with van der Waals surface area (Å²) in [7, 11) is 0. The molecule has 0 radical (unpaired) electrons. The summed E-state index contributed by atoms with van der Waals surface area (Å²) in [4.78, 5) is 0. The van der Waals surface area contributed by atoms with Crippen LogP contribution in [-0.2, 0) is 0 Å². The number of rotatable bonds is 2. The van der Waals surface area contributed by atoms with Gasteiger partial charge < -0.3 is 4.74 Å². The van der Waals surface area contributed by atoms with Crippen LogP contribution in [0.1, 0.15) is 5.56 Å². The first-order valence-corrected chi connectivity index (χ1v) is 9.33. The van der Waals surface area contributed by atoms with Crippen molar-refractivity contribution < 1.29 is 4.74 Å². The van der Waals surface area contributed by atoms with Gasteiger partial charge in [0.2, 0.25) is 0 Å². The molecule has 0 bridgehead atoms. The van der Waals surface area contributed by atoms with E-state index in [9.17, 15) is 0 Å². The van der Waals surface area contributed by atoms with E-state index in [1.807, 2.05) is 12.1 Å². The van der Waals surface area contributed by atoms with Crippen LogP contribution < -0.4 is 21.1 Å². The number of fused-ring (bicyclic) bond motifs is 2. The van der Waals surface area contributed by atoms with Crippen LogP contribution >= 0.6 is 0 Å². The zero-order chi connectivity index (χ0) is 18.2. The number of hydrogen-bond acceptors (Lipinski definition) is 1. The Labute approximate surface area is 160 Å². The van der Waals surface area contributed by atoms with E-state index in [2.05, 4.69) is 91.9 Å². The second-order valence-corrected chi connectivity index (χ2v) is 7.01. The molecule has 4 aromatic rings. The SMILES string of the molecule is Cc1ccccc1-c1ccccc1B1c2ccccc2Oc2ccccc21. The molecule has 1 aliphatic heterocycles. The van der Waals surface area contributed by atoms with Crippen molar-refractivity contribution in [2.24, 2.45) is 0 Å². The number of para-hydroxylation sites is 2. The topological polar surface area (TPSA) is 9.23 Å². The van der Waals surface area contributed by atoms with Crippen molar-refractivity contribution in [1.82, 2.24) is 0 Å². The predicted octanol–water partition coefficient (Wildman–Crippen LogP) is 4.28. The highest BCUT2D eigenvalue weighted by atomic mass is 16.5. The molecule has 0 N–H and O–H groups in total. The van der Waals surface area contributed by atoms with E-state index >= 15 is 0 Å². The van der Waals surface area contributed by atoms with Crippen molar-refractivity contribution in [3.05, 3.63) is 103 Å². The van der Waals surface area contributed by atoms with Gasteiger partial charge >= 0.3 is 0 Å². The Morgan fingerprint density at radius 2 is 1.00 bits per heavy atom. The molecule has 0 saturated heterocycles. The molecule has 0 aromatic heterocycles. The fourth-order valence-electron chi connectivity index (χ4n) is 4.11. The van der Waals surface area contributed by atoms with Gasteiger partial charge in [-0.1, -0.05) is 90.4 Å². The highest BCUT2D eigenvalue weighted by Crippen LogP contribution is 2.27. The van der Waals surface area contributed by atoms with E-state index in [4.69, 9.17) is 4.74 Å². The Morgan fingerprint density at radius 3 is 1.63 bits per heavy atom. The van der Waals surface area contributed by atoms with Crippen LogP contribution in [0, 0.1) is 6.92 Å². The van der Waals surface area contributed by atoms with Gasteiger partial charge in [-0.05, 0) is 46.7 Å². The van der Waals surface area contributed by atoms with Gasteiger partial charge in [0.25, 0.3) is 6.71 Å². The number of hydrogen-bond donors (Lipinski definition) is 0. The first kappa shape index (κ1) is 16.0. The zero-order valence-electron chi connectivity index (χ0n) is 15.2. The molecule has 128 valence electrons. The molecule has 2 heteroatoms. The maximum absolute atomic E-state index is 6.20. The lowest BCUT2D eigenvalue weighted by Crippen LogP contribution is -2.55.